The van der Waals surface area contributed by atoms with Crippen molar-refractivity contribution in [1.29, 1.82) is 0 Å². The molecule has 0 heteroatoms. The molecule has 0 aromatic heterocycles. The van der Waals surface area contributed by atoms with E-state index in [-0.39, 0.29) is 27.1 Å². The van der Waals surface area contributed by atoms with E-state index in [1.807, 2.05) is 0 Å². The van der Waals surface area contributed by atoms with Gasteiger partial charge in [0.1, 0.15) is 0 Å². The van der Waals surface area contributed by atoms with Crippen molar-refractivity contribution in [1.82, 2.24) is 0 Å². The van der Waals surface area contributed by atoms with Crippen molar-refractivity contribution in [3.63, 3.8) is 0 Å². The third kappa shape index (κ3) is 3.32. The third-order valence-corrected chi connectivity index (χ3v) is 7.86. The third-order valence-electron chi connectivity index (χ3n) is 7.86. The van der Waals surface area contributed by atoms with Gasteiger partial charge in [-0.25, -0.2) is 0 Å². The highest BCUT2D eigenvalue weighted by molar-refractivity contribution is 6.05. The van der Waals surface area contributed by atoms with E-state index in [0.29, 0.717) is 0 Å². The molecule has 0 heterocycles. The van der Waals surface area contributed by atoms with Crippen molar-refractivity contribution in [2.45, 2.75) is 102 Å². The predicted molar refractivity (Wildman–Crippen MR) is 139 cm³/mol. The van der Waals surface area contributed by atoms with Crippen LogP contribution in [0.25, 0.3) is 11.1 Å². The molecule has 0 radical (unpaired) electrons. The lowest BCUT2D eigenvalue weighted by Gasteiger charge is -2.58. The molecule has 0 aliphatic heterocycles. The Hall–Kier alpha value is -1.56. The fourth-order valence-electron chi connectivity index (χ4n) is 6.92. The Morgan fingerprint density at radius 1 is 0.677 bits per heavy atom. The van der Waals surface area contributed by atoms with Gasteiger partial charge in [0.2, 0.25) is 0 Å². The van der Waals surface area contributed by atoms with E-state index in [4.69, 9.17) is 0 Å². The van der Waals surface area contributed by atoms with Crippen LogP contribution in [0.5, 0.6) is 0 Å². The second-order valence-electron chi connectivity index (χ2n) is 14.1. The van der Waals surface area contributed by atoms with E-state index < -0.39 is 0 Å². The van der Waals surface area contributed by atoms with Crippen molar-refractivity contribution < 1.29 is 0 Å². The minimum absolute atomic E-state index is 0.0385. The van der Waals surface area contributed by atoms with E-state index in [9.17, 15) is 0 Å². The number of hydrogen-bond donors (Lipinski definition) is 0. The zero-order chi connectivity index (χ0) is 23.9. The van der Waals surface area contributed by atoms with Gasteiger partial charge >= 0.3 is 0 Å². The van der Waals surface area contributed by atoms with E-state index in [2.05, 4.69) is 121 Å². The maximum Gasteiger partial charge on any atom is 0.0206 e. The summed E-state index contributed by atoms with van der Waals surface area (Å²) in [5, 5.41) is 0. The van der Waals surface area contributed by atoms with Crippen molar-refractivity contribution in [2.75, 3.05) is 0 Å². The number of benzene rings is 1. The Bertz CT molecular complexity index is 992. The standard InChI is InChI=1S/C31H46/c1-19-21-15-16-23(27(3,4)5)20(2)24(21)25-22(19)17-18-31(29(9,10)11,30(12,13)14)26(25)28(6,7)8/h15-18H,1-14H3. The second-order valence-corrected chi connectivity index (χ2v) is 14.1. The van der Waals surface area contributed by atoms with Crippen molar-refractivity contribution in [3.05, 3.63) is 57.7 Å². The summed E-state index contributed by atoms with van der Waals surface area (Å²) in [6.07, 6.45) is 5.04. The first-order valence-corrected chi connectivity index (χ1v) is 12.1. The molecule has 3 rings (SSSR count). The molecule has 2 aliphatic carbocycles. The Balaban J connectivity index is 2.59. The highest BCUT2D eigenvalue weighted by Gasteiger charge is 2.56. The van der Waals surface area contributed by atoms with Crippen LogP contribution < -0.4 is 0 Å². The Kier molecular flexibility index (Phi) is 5.22. The molecule has 0 saturated heterocycles. The van der Waals surface area contributed by atoms with Gasteiger partial charge in [-0.1, -0.05) is 107 Å². The molecule has 0 N–H and O–H groups in total. The van der Waals surface area contributed by atoms with Crippen LogP contribution in [0.4, 0.5) is 0 Å². The molecule has 0 bridgehead atoms. The Morgan fingerprint density at radius 3 is 1.61 bits per heavy atom. The zero-order valence-corrected chi connectivity index (χ0v) is 22.8. The van der Waals surface area contributed by atoms with Gasteiger partial charge in [-0.15, -0.1) is 0 Å². The van der Waals surface area contributed by atoms with Gasteiger partial charge in [-0.05, 0) is 80.1 Å². The summed E-state index contributed by atoms with van der Waals surface area (Å²) in [5.41, 5.74) is 12.2. The average molecular weight is 419 g/mol. The summed E-state index contributed by atoms with van der Waals surface area (Å²) >= 11 is 0. The molecule has 0 saturated carbocycles. The first-order valence-electron chi connectivity index (χ1n) is 12.1. The zero-order valence-electron chi connectivity index (χ0n) is 22.8. The quantitative estimate of drug-likeness (QED) is 0.393. The first kappa shape index (κ1) is 24.1. The van der Waals surface area contributed by atoms with E-state index in [1.165, 1.54) is 39.0 Å². The summed E-state index contributed by atoms with van der Waals surface area (Å²) < 4.78 is 0. The van der Waals surface area contributed by atoms with Crippen LogP contribution in [0.15, 0.2) is 35.4 Å². The molecular formula is C31H46. The minimum atomic E-state index is -0.0385. The summed E-state index contributed by atoms with van der Waals surface area (Å²) in [5.74, 6) is 0. The van der Waals surface area contributed by atoms with Crippen LogP contribution >= 0.6 is 0 Å². The molecule has 170 valence electrons. The van der Waals surface area contributed by atoms with Gasteiger partial charge in [-0.2, -0.15) is 0 Å². The van der Waals surface area contributed by atoms with Crippen LogP contribution in [0, 0.1) is 28.6 Å². The fourth-order valence-corrected chi connectivity index (χ4v) is 6.92. The SMILES string of the molecule is CC1=C2C=CC(C(C)(C)C)(C(C)(C)C)C(C(C)(C)C)=C2c2c1ccc(C(C)(C)C)c2C. The number of fused-ring (bicyclic) bond motifs is 3. The van der Waals surface area contributed by atoms with Gasteiger partial charge in [0.05, 0.1) is 0 Å². The number of hydrogen-bond acceptors (Lipinski definition) is 0. The molecule has 1 aromatic carbocycles. The molecule has 2 aliphatic rings. The number of allylic oxidation sites excluding steroid dienone is 6. The summed E-state index contributed by atoms with van der Waals surface area (Å²) in [6, 6.07) is 4.76. The van der Waals surface area contributed by atoms with Gasteiger partial charge < -0.3 is 0 Å². The topological polar surface area (TPSA) is 0 Å². The minimum Gasteiger partial charge on any atom is -0.0726 e. The molecule has 31 heavy (non-hydrogen) atoms. The lowest BCUT2D eigenvalue weighted by atomic mass is 9.45. The van der Waals surface area contributed by atoms with Gasteiger partial charge in [0.15, 0.2) is 0 Å². The average Bonchev–Trinajstić information content (AvgIpc) is 2.83. The first-order chi connectivity index (χ1) is 13.8. The van der Waals surface area contributed by atoms with Crippen LogP contribution in [0.1, 0.15) is 112 Å². The molecule has 0 nitrogen and oxygen atoms in total. The lowest BCUT2D eigenvalue weighted by molar-refractivity contribution is 0.0370. The number of rotatable bonds is 0. The molecule has 0 amide bonds. The van der Waals surface area contributed by atoms with Crippen LogP contribution in [0.2, 0.25) is 0 Å². The Morgan fingerprint density at radius 2 is 1.19 bits per heavy atom. The maximum absolute atomic E-state index is 2.57. The van der Waals surface area contributed by atoms with Gasteiger partial charge in [0, 0.05) is 5.41 Å². The lowest BCUT2D eigenvalue weighted by Crippen LogP contribution is -2.50. The summed E-state index contributed by atoms with van der Waals surface area (Å²) in [7, 11) is 0. The molecule has 0 atom stereocenters. The largest absolute Gasteiger partial charge is 0.0726 e. The van der Waals surface area contributed by atoms with E-state index in [1.54, 1.807) is 5.57 Å². The highest BCUT2D eigenvalue weighted by Crippen LogP contribution is 2.67. The molecule has 0 unspecified atom stereocenters. The van der Waals surface area contributed by atoms with Crippen molar-refractivity contribution >= 4 is 11.1 Å². The van der Waals surface area contributed by atoms with Gasteiger partial charge in [-0.3, -0.25) is 0 Å². The molecular weight excluding hydrogens is 372 g/mol. The molecule has 0 fully saturated rings. The Labute approximate surface area is 192 Å². The van der Waals surface area contributed by atoms with Crippen LogP contribution in [-0.4, -0.2) is 0 Å². The maximum atomic E-state index is 2.57. The molecule has 1 aromatic rings. The smallest absolute Gasteiger partial charge is 0.0206 e. The van der Waals surface area contributed by atoms with E-state index in [0.717, 1.165) is 0 Å². The fraction of sp³-hybridized carbons (Fsp3) is 0.613. The normalized spacial score (nSPS) is 19.2. The second kappa shape index (κ2) is 6.72. The molecule has 0 spiro atoms. The van der Waals surface area contributed by atoms with E-state index >= 15 is 0 Å². The van der Waals surface area contributed by atoms with Crippen molar-refractivity contribution in [3.8, 4) is 0 Å². The summed E-state index contributed by atoms with van der Waals surface area (Å²) in [6.45, 7) is 33.6. The van der Waals surface area contributed by atoms with Crippen LogP contribution in [-0.2, 0) is 5.41 Å². The predicted octanol–water partition coefficient (Wildman–Crippen LogP) is 9.53. The van der Waals surface area contributed by atoms with Crippen LogP contribution in [0.3, 0.4) is 0 Å². The van der Waals surface area contributed by atoms with Crippen molar-refractivity contribution in [2.24, 2.45) is 21.7 Å². The highest BCUT2D eigenvalue weighted by atomic mass is 14.6. The summed E-state index contributed by atoms with van der Waals surface area (Å²) in [4.78, 5) is 0. The monoisotopic (exact) mass is 418 g/mol. The van der Waals surface area contributed by atoms with Gasteiger partial charge in [0.25, 0.3) is 0 Å².